The molecule has 0 spiro atoms. The summed E-state index contributed by atoms with van der Waals surface area (Å²) in [5.74, 6) is 2.03. The first kappa shape index (κ1) is 16.6. The van der Waals surface area contributed by atoms with Crippen LogP contribution < -0.4 is 9.47 Å². The van der Waals surface area contributed by atoms with Crippen molar-refractivity contribution >= 4 is 17.5 Å². The molecule has 0 N–H and O–H groups in total. The van der Waals surface area contributed by atoms with E-state index in [1.807, 2.05) is 0 Å². The van der Waals surface area contributed by atoms with Crippen LogP contribution in [0.5, 0.6) is 11.5 Å². The number of ether oxygens (including phenoxy) is 2. The number of amides is 1. The second-order valence-electron chi connectivity index (χ2n) is 5.60. The van der Waals surface area contributed by atoms with E-state index < -0.39 is 0 Å². The number of halogens is 1. The molecule has 0 aliphatic carbocycles. The van der Waals surface area contributed by atoms with Crippen LogP contribution in [-0.2, 0) is 4.79 Å². The van der Waals surface area contributed by atoms with E-state index in [9.17, 15) is 4.79 Å². The molecule has 1 aromatic heterocycles. The SMILES string of the molecule is COc1cc(-c2noc(C3CCN(C(C)=O)C3)n2)cc(Cl)c1OC. The predicted molar refractivity (Wildman–Crippen MR) is 87.5 cm³/mol. The Hall–Kier alpha value is -2.28. The Kier molecular flexibility index (Phi) is 4.62. The van der Waals surface area contributed by atoms with Crippen LogP contribution in [0.4, 0.5) is 0 Å². The van der Waals surface area contributed by atoms with Crippen molar-refractivity contribution in [3.05, 3.63) is 23.0 Å². The molecule has 1 aliphatic heterocycles. The Balaban J connectivity index is 1.86. The number of hydrogen-bond acceptors (Lipinski definition) is 6. The highest BCUT2D eigenvalue weighted by Crippen LogP contribution is 2.39. The lowest BCUT2D eigenvalue weighted by molar-refractivity contribution is -0.127. The molecule has 24 heavy (non-hydrogen) atoms. The number of benzene rings is 1. The van der Waals surface area contributed by atoms with Crippen molar-refractivity contribution in [3.63, 3.8) is 0 Å². The van der Waals surface area contributed by atoms with Crippen LogP contribution in [0.3, 0.4) is 0 Å². The van der Waals surface area contributed by atoms with Gasteiger partial charge in [-0.3, -0.25) is 4.79 Å². The third-order valence-corrected chi connectivity index (χ3v) is 4.40. The van der Waals surface area contributed by atoms with Crippen LogP contribution in [0, 0.1) is 0 Å². The topological polar surface area (TPSA) is 77.7 Å². The molecule has 3 rings (SSSR count). The number of carbonyl (C=O) groups excluding carboxylic acids is 1. The highest BCUT2D eigenvalue weighted by atomic mass is 35.5. The van der Waals surface area contributed by atoms with E-state index in [-0.39, 0.29) is 11.8 Å². The van der Waals surface area contributed by atoms with Crippen molar-refractivity contribution in [2.45, 2.75) is 19.3 Å². The molecule has 8 heteroatoms. The third kappa shape index (κ3) is 3.03. The zero-order chi connectivity index (χ0) is 17.3. The molecule has 7 nitrogen and oxygen atoms in total. The van der Waals surface area contributed by atoms with Crippen LogP contribution in [0.2, 0.25) is 5.02 Å². The molecule has 0 bridgehead atoms. The molecule has 128 valence electrons. The maximum Gasteiger partial charge on any atom is 0.231 e. The number of methoxy groups -OCH3 is 2. The second-order valence-corrected chi connectivity index (χ2v) is 6.01. The first-order valence-electron chi connectivity index (χ1n) is 7.54. The molecule has 2 heterocycles. The molecule has 1 aromatic carbocycles. The maximum absolute atomic E-state index is 11.4. The Morgan fingerprint density at radius 2 is 2.17 bits per heavy atom. The number of rotatable bonds is 4. The summed E-state index contributed by atoms with van der Waals surface area (Å²) in [6, 6.07) is 3.45. The summed E-state index contributed by atoms with van der Waals surface area (Å²) in [6.45, 7) is 2.87. The van der Waals surface area contributed by atoms with E-state index in [0.717, 1.165) is 6.42 Å². The van der Waals surface area contributed by atoms with Gasteiger partial charge in [0.15, 0.2) is 11.5 Å². The standard InChI is InChI=1S/C16H18ClN3O4/c1-9(21)20-5-4-10(8-20)16-18-15(19-24-16)11-6-12(17)14(23-3)13(7-11)22-2/h6-7,10H,4-5,8H2,1-3H3. The normalized spacial score (nSPS) is 17.2. The van der Waals surface area contributed by atoms with Crippen molar-refractivity contribution in [2.75, 3.05) is 27.3 Å². The highest BCUT2D eigenvalue weighted by molar-refractivity contribution is 6.32. The van der Waals surface area contributed by atoms with E-state index in [1.54, 1.807) is 24.0 Å². The molecule has 0 radical (unpaired) electrons. The molecule has 1 fully saturated rings. The van der Waals surface area contributed by atoms with Gasteiger partial charge < -0.3 is 18.9 Å². The van der Waals surface area contributed by atoms with Gasteiger partial charge in [0.1, 0.15) is 0 Å². The lowest BCUT2D eigenvalue weighted by atomic mass is 10.1. The average Bonchev–Trinajstić information content (AvgIpc) is 3.22. The summed E-state index contributed by atoms with van der Waals surface area (Å²) in [6.07, 6.45) is 0.813. The van der Waals surface area contributed by atoms with Gasteiger partial charge in [0, 0.05) is 25.6 Å². The Morgan fingerprint density at radius 3 is 2.79 bits per heavy atom. The van der Waals surface area contributed by atoms with Gasteiger partial charge in [-0.1, -0.05) is 16.8 Å². The number of hydrogen-bond donors (Lipinski definition) is 0. The Morgan fingerprint density at radius 1 is 1.38 bits per heavy atom. The minimum absolute atomic E-state index is 0.0592. The fourth-order valence-electron chi connectivity index (χ4n) is 2.81. The van der Waals surface area contributed by atoms with E-state index in [1.165, 1.54) is 14.2 Å². The molecule has 1 saturated heterocycles. The molecule has 1 unspecified atom stereocenters. The van der Waals surface area contributed by atoms with Gasteiger partial charge in [-0.15, -0.1) is 0 Å². The van der Waals surface area contributed by atoms with E-state index >= 15 is 0 Å². The zero-order valence-corrected chi connectivity index (χ0v) is 14.5. The molecule has 0 saturated carbocycles. The van der Waals surface area contributed by atoms with Gasteiger partial charge >= 0.3 is 0 Å². The van der Waals surface area contributed by atoms with Crippen molar-refractivity contribution in [3.8, 4) is 22.9 Å². The summed E-state index contributed by atoms with van der Waals surface area (Å²) < 4.78 is 15.9. The quantitative estimate of drug-likeness (QED) is 0.842. The van der Waals surface area contributed by atoms with Crippen LogP contribution in [0.25, 0.3) is 11.4 Å². The first-order chi connectivity index (χ1) is 11.5. The lowest BCUT2D eigenvalue weighted by Gasteiger charge is -2.11. The van der Waals surface area contributed by atoms with Crippen molar-refractivity contribution in [2.24, 2.45) is 0 Å². The molecule has 1 aliphatic rings. The summed E-state index contributed by atoms with van der Waals surface area (Å²) in [5.41, 5.74) is 0.675. The van der Waals surface area contributed by atoms with Crippen molar-refractivity contribution < 1.29 is 18.8 Å². The number of likely N-dealkylation sites (tertiary alicyclic amines) is 1. The monoisotopic (exact) mass is 351 g/mol. The number of aromatic nitrogens is 2. The maximum atomic E-state index is 11.4. The average molecular weight is 352 g/mol. The number of nitrogens with zero attached hydrogens (tertiary/aromatic N) is 3. The summed E-state index contributed by atoms with van der Waals surface area (Å²) in [7, 11) is 3.06. The van der Waals surface area contributed by atoms with E-state index in [2.05, 4.69) is 10.1 Å². The van der Waals surface area contributed by atoms with Crippen molar-refractivity contribution in [1.82, 2.24) is 15.0 Å². The summed E-state index contributed by atoms with van der Waals surface area (Å²) in [4.78, 5) is 17.7. The molecule has 1 atom stereocenters. The lowest BCUT2D eigenvalue weighted by Crippen LogP contribution is -2.25. The zero-order valence-electron chi connectivity index (χ0n) is 13.7. The molecular formula is C16H18ClN3O4. The predicted octanol–water partition coefficient (Wildman–Crippen LogP) is 2.74. The fourth-order valence-corrected chi connectivity index (χ4v) is 3.10. The highest BCUT2D eigenvalue weighted by Gasteiger charge is 2.30. The summed E-state index contributed by atoms with van der Waals surface area (Å²) >= 11 is 6.22. The smallest absolute Gasteiger partial charge is 0.231 e. The number of carbonyl (C=O) groups is 1. The molecular weight excluding hydrogens is 334 g/mol. The Bertz CT molecular complexity index is 762. The molecule has 1 amide bonds. The third-order valence-electron chi connectivity index (χ3n) is 4.12. The van der Waals surface area contributed by atoms with Crippen LogP contribution in [-0.4, -0.2) is 48.3 Å². The fraction of sp³-hybridized carbons (Fsp3) is 0.438. The van der Waals surface area contributed by atoms with E-state index in [4.69, 9.17) is 25.6 Å². The van der Waals surface area contributed by atoms with Gasteiger partial charge in [0.25, 0.3) is 0 Å². The van der Waals surface area contributed by atoms with Gasteiger partial charge in [0.2, 0.25) is 17.6 Å². The minimum atomic E-state index is 0.0592. The van der Waals surface area contributed by atoms with Crippen LogP contribution in [0.15, 0.2) is 16.7 Å². The van der Waals surface area contributed by atoms with Gasteiger partial charge in [-0.25, -0.2) is 0 Å². The van der Waals surface area contributed by atoms with Gasteiger partial charge in [-0.05, 0) is 18.6 Å². The Labute approximate surface area is 144 Å². The largest absolute Gasteiger partial charge is 0.493 e. The summed E-state index contributed by atoms with van der Waals surface area (Å²) in [5, 5.41) is 4.43. The van der Waals surface area contributed by atoms with Gasteiger partial charge in [0.05, 0.1) is 25.2 Å². The second kappa shape index (κ2) is 6.68. The molecule has 2 aromatic rings. The van der Waals surface area contributed by atoms with Crippen molar-refractivity contribution in [1.29, 1.82) is 0 Å². The van der Waals surface area contributed by atoms with E-state index in [0.29, 0.717) is 46.9 Å². The van der Waals surface area contributed by atoms with Crippen LogP contribution >= 0.6 is 11.6 Å². The minimum Gasteiger partial charge on any atom is -0.493 e. The van der Waals surface area contributed by atoms with Crippen LogP contribution in [0.1, 0.15) is 25.2 Å². The first-order valence-corrected chi connectivity index (χ1v) is 7.92. The van der Waals surface area contributed by atoms with Gasteiger partial charge in [-0.2, -0.15) is 4.98 Å².